The third-order valence-electron chi connectivity index (χ3n) is 3.19. The van der Waals surface area contributed by atoms with E-state index >= 15 is 0 Å². The number of ether oxygens (including phenoxy) is 1. The molecule has 0 fully saturated rings. The lowest BCUT2D eigenvalue weighted by atomic mass is 10.2. The average Bonchev–Trinajstić information content (AvgIpc) is 3.14. The van der Waals surface area contributed by atoms with E-state index in [1.165, 1.54) is 37.6 Å². The molecule has 0 unspecified atom stereocenters. The van der Waals surface area contributed by atoms with E-state index in [1.807, 2.05) is 0 Å². The molecule has 26 heavy (non-hydrogen) atoms. The first-order valence-electron chi connectivity index (χ1n) is 7.41. The third kappa shape index (κ3) is 4.90. The number of hydrogen-bond acceptors (Lipinski definition) is 6. The number of carbonyl (C=O) groups excluding carboxylic acids is 2. The molecule has 0 aliphatic heterocycles. The number of hydrazone groups is 1. The van der Waals surface area contributed by atoms with Crippen molar-refractivity contribution in [1.82, 2.24) is 5.43 Å². The molecule has 0 radical (unpaired) electrons. The van der Waals surface area contributed by atoms with Gasteiger partial charge in [-0.1, -0.05) is 0 Å². The van der Waals surface area contributed by atoms with Crippen LogP contribution in [0, 0.1) is 4.91 Å². The zero-order valence-electron chi connectivity index (χ0n) is 14.1. The van der Waals surface area contributed by atoms with Gasteiger partial charge < -0.3 is 14.5 Å². The van der Waals surface area contributed by atoms with Crippen molar-refractivity contribution in [1.29, 1.82) is 0 Å². The first-order chi connectivity index (χ1) is 12.4. The maximum absolute atomic E-state index is 12.1. The summed E-state index contributed by atoms with van der Waals surface area (Å²) in [4.78, 5) is 34.6. The fourth-order valence-electron chi connectivity index (χ4n) is 1.98. The van der Waals surface area contributed by atoms with E-state index in [9.17, 15) is 14.5 Å². The summed E-state index contributed by atoms with van der Waals surface area (Å²) < 4.78 is 9.87. The number of methoxy groups -OCH3 is 1. The van der Waals surface area contributed by atoms with Gasteiger partial charge in [0.2, 0.25) is 5.91 Å². The summed E-state index contributed by atoms with van der Waals surface area (Å²) in [6, 6.07) is 7.24. The van der Waals surface area contributed by atoms with Crippen molar-refractivity contribution in [2.24, 2.45) is 5.10 Å². The lowest BCUT2D eigenvalue weighted by Gasteiger charge is -2.06. The molecule has 0 spiro atoms. The normalized spacial score (nSPS) is 10.9. The summed E-state index contributed by atoms with van der Waals surface area (Å²) in [5, 5.41) is 15.4. The predicted octanol–water partition coefficient (Wildman–Crippen LogP) is 2.22. The Morgan fingerprint density at radius 1 is 1.35 bits per heavy atom. The van der Waals surface area contributed by atoms with Gasteiger partial charge in [-0.15, -0.1) is 0 Å². The Morgan fingerprint density at radius 3 is 2.73 bits per heavy atom. The van der Waals surface area contributed by atoms with E-state index in [4.69, 9.17) is 14.4 Å². The van der Waals surface area contributed by atoms with Gasteiger partial charge in [0.15, 0.2) is 5.76 Å². The zero-order chi connectivity index (χ0) is 19.1. The fourth-order valence-corrected chi connectivity index (χ4v) is 1.98. The second-order valence-corrected chi connectivity index (χ2v) is 5.15. The van der Waals surface area contributed by atoms with E-state index in [0.29, 0.717) is 11.5 Å². The van der Waals surface area contributed by atoms with Crippen LogP contribution in [0.5, 0.6) is 5.75 Å². The summed E-state index contributed by atoms with van der Waals surface area (Å²) in [6.07, 6.45) is 1.21. The van der Waals surface area contributed by atoms with Crippen LogP contribution in [-0.4, -0.2) is 34.8 Å². The summed E-state index contributed by atoms with van der Waals surface area (Å²) in [7, 11) is 1.40. The standard InChI is InChI=1S/C16H16N4O6/c1-10(18-19-16(22)14-4-3-7-26-14)8-15(21)17-12-6-5-11(25-2)9-13(12)20(23)24/h3-7,9H,8H2,1-2H3,(H2-,17,19,21,22,23,24)/p+1/b18-10+. The molecule has 2 amide bonds. The van der Waals surface area contributed by atoms with Gasteiger partial charge in [-0.05, 0) is 31.2 Å². The Balaban J connectivity index is 1.98. The Morgan fingerprint density at radius 2 is 2.12 bits per heavy atom. The van der Waals surface area contributed by atoms with Crippen LogP contribution in [0.2, 0.25) is 0 Å². The van der Waals surface area contributed by atoms with Crippen LogP contribution in [0.3, 0.4) is 0 Å². The molecule has 1 aromatic heterocycles. The van der Waals surface area contributed by atoms with E-state index in [2.05, 4.69) is 15.8 Å². The van der Waals surface area contributed by atoms with E-state index in [1.54, 1.807) is 13.0 Å². The largest absolute Gasteiger partial charge is 0.496 e. The quantitative estimate of drug-likeness (QED) is 0.511. The van der Waals surface area contributed by atoms with Gasteiger partial charge in [0, 0.05) is 5.71 Å². The molecule has 0 saturated carbocycles. The number of anilines is 1. The number of nitrogens with zero attached hydrogens (tertiary/aromatic N) is 2. The molecule has 0 aliphatic carbocycles. The zero-order valence-corrected chi connectivity index (χ0v) is 14.1. The van der Waals surface area contributed by atoms with Crippen molar-refractivity contribution in [3.8, 4) is 5.75 Å². The minimum Gasteiger partial charge on any atom is -0.496 e. The molecule has 0 atom stereocenters. The monoisotopic (exact) mass is 361 g/mol. The highest BCUT2D eigenvalue weighted by atomic mass is 16.6. The molecule has 10 heteroatoms. The minimum atomic E-state index is -0.547. The van der Waals surface area contributed by atoms with Gasteiger partial charge in [-0.25, -0.2) is 10.6 Å². The average molecular weight is 361 g/mol. The molecule has 3 N–H and O–H groups in total. The molecule has 0 aliphatic rings. The summed E-state index contributed by atoms with van der Waals surface area (Å²) in [5.74, 6) is -0.611. The van der Waals surface area contributed by atoms with Crippen LogP contribution in [0.15, 0.2) is 46.1 Å². The summed E-state index contributed by atoms with van der Waals surface area (Å²) >= 11 is 0. The number of carbonyl (C=O) groups is 2. The number of hydrogen-bond donors (Lipinski definition) is 3. The Kier molecular flexibility index (Phi) is 6.04. The van der Waals surface area contributed by atoms with Crippen molar-refractivity contribution in [2.45, 2.75) is 13.3 Å². The second-order valence-electron chi connectivity index (χ2n) is 5.15. The number of furan rings is 1. The summed E-state index contributed by atoms with van der Waals surface area (Å²) in [6.45, 7) is 1.54. The number of benzene rings is 1. The molecule has 1 aromatic carbocycles. The second kappa shape index (κ2) is 8.42. The molecule has 2 rings (SSSR count). The van der Waals surface area contributed by atoms with Crippen molar-refractivity contribution in [3.63, 3.8) is 0 Å². The van der Waals surface area contributed by atoms with Crippen LogP contribution in [0.1, 0.15) is 23.9 Å². The Hall–Kier alpha value is -3.69. The van der Waals surface area contributed by atoms with Crippen LogP contribution in [-0.2, 0) is 4.79 Å². The Labute approximate surface area is 148 Å². The van der Waals surface area contributed by atoms with Crippen LogP contribution in [0.25, 0.3) is 0 Å². The van der Waals surface area contributed by atoms with Gasteiger partial charge in [0.1, 0.15) is 11.4 Å². The highest BCUT2D eigenvalue weighted by Crippen LogP contribution is 2.28. The molecule has 10 nitrogen and oxygen atoms in total. The van der Waals surface area contributed by atoms with Gasteiger partial charge in [-0.3, -0.25) is 9.59 Å². The van der Waals surface area contributed by atoms with Crippen LogP contribution < -0.4 is 15.5 Å². The molecule has 0 saturated heterocycles. The lowest BCUT2D eigenvalue weighted by molar-refractivity contribution is -0.729. The van der Waals surface area contributed by atoms with Crippen molar-refractivity contribution < 1.29 is 28.9 Å². The van der Waals surface area contributed by atoms with E-state index in [0.717, 1.165) is 0 Å². The molecular formula is C16H17N4O6+. The lowest BCUT2D eigenvalue weighted by Crippen LogP contribution is -2.21. The number of nitrogens with one attached hydrogen (secondary N) is 2. The minimum absolute atomic E-state index is 0.0901. The van der Waals surface area contributed by atoms with Gasteiger partial charge in [0.25, 0.3) is 4.92 Å². The first kappa shape index (κ1) is 18.6. The maximum atomic E-state index is 12.1. The summed E-state index contributed by atoms with van der Waals surface area (Å²) in [5.41, 5.74) is 2.49. The van der Waals surface area contributed by atoms with Crippen molar-refractivity contribution in [3.05, 3.63) is 47.3 Å². The fraction of sp³-hybridized carbons (Fsp3) is 0.188. The third-order valence-corrected chi connectivity index (χ3v) is 3.19. The maximum Gasteiger partial charge on any atom is 0.343 e. The van der Waals surface area contributed by atoms with Gasteiger partial charge in [0.05, 0.1) is 30.8 Å². The molecule has 2 aromatic rings. The predicted molar refractivity (Wildman–Crippen MR) is 90.6 cm³/mol. The van der Waals surface area contributed by atoms with E-state index < -0.39 is 11.8 Å². The van der Waals surface area contributed by atoms with Crippen LogP contribution in [0.4, 0.5) is 11.4 Å². The highest BCUT2D eigenvalue weighted by Gasteiger charge is 2.21. The number of rotatable bonds is 7. The van der Waals surface area contributed by atoms with Crippen LogP contribution >= 0.6 is 0 Å². The smallest absolute Gasteiger partial charge is 0.343 e. The van der Waals surface area contributed by atoms with Gasteiger partial charge in [-0.2, -0.15) is 5.10 Å². The van der Waals surface area contributed by atoms with Crippen molar-refractivity contribution >= 4 is 28.9 Å². The topological polar surface area (TPSA) is 133 Å². The molecule has 0 bridgehead atoms. The SMILES string of the molecule is COc1ccc(NC(=O)C/C(C)=N/NC(=O)c2ccco2)c([N+](=O)O)c1. The molecular weight excluding hydrogens is 344 g/mol. The van der Waals surface area contributed by atoms with Gasteiger partial charge >= 0.3 is 11.6 Å². The molecule has 1 heterocycles. The molecule has 136 valence electrons. The van der Waals surface area contributed by atoms with Crippen molar-refractivity contribution in [2.75, 3.05) is 12.4 Å². The highest BCUT2D eigenvalue weighted by molar-refractivity contribution is 6.06. The first-order valence-corrected chi connectivity index (χ1v) is 7.41. The number of amides is 2. The van der Waals surface area contributed by atoms with E-state index in [-0.39, 0.29) is 28.5 Å². The Bertz CT molecular complexity index is 844.